The highest BCUT2D eigenvalue weighted by Crippen LogP contribution is 2.28. The van der Waals surface area contributed by atoms with E-state index in [2.05, 4.69) is 51.6 Å². The third kappa shape index (κ3) is 2.47. The number of imidazole rings is 2. The molecule has 0 atom stereocenters. The molecular weight excluding hydrogens is 332 g/mol. The highest BCUT2D eigenvalue weighted by atomic mass is 35.5. The Morgan fingerprint density at radius 2 is 1.44 bits per heavy atom. The zero-order valence-electron chi connectivity index (χ0n) is 13.0. The Bertz CT molecular complexity index is 1200. The first kappa shape index (κ1) is 14.3. The number of rotatable bonds is 2. The van der Waals surface area contributed by atoms with Gasteiger partial charge >= 0.3 is 0 Å². The maximum Gasteiger partial charge on any atom is 0.174 e. The van der Waals surface area contributed by atoms with Crippen molar-refractivity contribution >= 4 is 33.7 Å². The predicted molar refractivity (Wildman–Crippen MR) is 100 cm³/mol. The van der Waals surface area contributed by atoms with Crippen molar-refractivity contribution in [3.8, 4) is 22.5 Å². The fourth-order valence-corrected chi connectivity index (χ4v) is 3.11. The maximum absolute atomic E-state index is 5.96. The van der Waals surface area contributed by atoms with Crippen LogP contribution in [0.25, 0.3) is 44.6 Å². The van der Waals surface area contributed by atoms with Crippen LogP contribution in [0.5, 0.6) is 0 Å². The van der Waals surface area contributed by atoms with Gasteiger partial charge in [0.1, 0.15) is 5.82 Å². The fourth-order valence-electron chi connectivity index (χ4n) is 2.99. The second-order valence-electron chi connectivity index (χ2n) is 5.90. The van der Waals surface area contributed by atoms with Crippen LogP contribution in [0.4, 0.5) is 0 Å². The summed E-state index contributed by atoms with van der Waals surface area (Å²) in [4.78, 5) is 15.3. The Labute approximate surface area is 148 Å². The summed E-state index contributed by atoms with van der Waals surface area (Å²) in [7, 11) is 0. The molecule has 0 spiro atoms. The first-order chi connectivity index (χ1) is 12.3. The van der Waals surface area contributed by atoms with Crippen LogP contribution in [0.15, 0.2) is 60.7 Å². The van der Waals surface area contributed by atoms with Gasteiger partial charge < -0.3 is 9.97 Å². The van der Waals surface area contributed by atoms with E-state index in [1.165, 1.54) is 0 Å². The smallest absolute Gasteiger partial charge is 0.174 e. The summed E-state index contributed by atoms with van der Waals surface area (Å²) in [6.07, 6.45) is 2.77. The van der Waals surface area contributed by atoms with Crippen molar-refractivity contribution in [3.05, 3.63) is 72.0 Å². The van der Waals surface area contributed by atoms with Gasteiger partial charge in [-0.3, -0.25) is 0 Å². The summed E-state index contributed by atoms with van der Waals surface area (Å²) in [6.45, 7) is 0. The lowest BCUT2D eigenvalue weighted by atomic mass is 10.0. The summed E-state index contributed by atoms with van der Waals surface area (Å²) in [5, 5.41) is 0.716. The normalized spacial score (nSPS) is 11.4. The van der Waals surface area contributed by atoms with Gasteiger partial charge in [-0.15, -0.1) is 0 Å². The third-order valence-corrected chi connectivity index (χ3v) is 4.55. The minimum absolute atomic E-state index is 0.716. The molecule has 0 saturated heterocycles. The lowest BCUT2D eigenvalue weighted by Crippen LogP contribution is -1.79. The molecule has 0 amide bonds. The molecule has 0 aliphatic carbocycles. The Morgan fingerprint density at radius 3 is 2.24 bits per heavy atom. The Kier molecular flexibility index (Phi) is 3.11. The molecule has 2 heterocycles. The van der Waals surface area contributed by atoms with Gasteiger partial charge in [-0.05, 0) is 59.7 Å². The minimum Gasteiger partial charge on any atom is -0.338 e. The molecule has 0 fully saturated rings. The van der Waals surface area contributed by atoms with Gasteiger partial charge in [-0.2, -0.15) is 0 Å². The average Bonchev–Trinajstić information content (AvgIpc) is 3.27. The van der Waals surface area contributed by atoms with Crippen LogP contribution >= 0.6 is 11.6 Å². The topological polar surface area (TPSA) is 57.4 Å². The maximum atomic E-state index is 5.96. The molecule has 25 heavy (non-hydrogen) atoms. The molecule has 1 radical (unpaired) electrons. The number of nitrogens with zero attached hydrogens (tertiary/aromatic N) is 2. The number of hydrogen-bond donors (Lipinski definition) is 2. The zero-order chi connectivity index (χ0) is 16.8. The van der Waals surface area contributed by atoms with E-state index in [0.717, 1.165) is 44.6 Å². The SMILES string of the molecule is Clc1ccc(-c2nc3cc(-c4ccc5[nH][c]nc5c4)ccc3[nH]2)cc1. The lowest BCUT2D eigenvalue weighted by molar-refractivity contribution is 1.32. The van der Waals surface area contributed by atoms with Crippen molar-refractivity contribution in [2.75, 3.05) is 0 Å². The fraction of sp³-hybridized carbons (Fsp3) is 0. The van der Waals surface area contributed by atoms with Crippen molar-refractivity contribution in [2.24, 2.45) is 0 Å². The highest BCUT2D eigenvalue weighted by Gasteiger charge is 2.08. The van der Waals surface area contributed by atoms with E-state index in [1.807, 2.05) is 30.3 Å². The van der Waals surface area contributed by atoms with Gasteiger partial charge in [0, 0.05) is 10.6 Å². The highest BCUT2D eigenvalue weighted by molar-refractivity contribution is 6.30. The number of aromatic nitrogens is 4. The summed E-state index contributed by atoms with van der Waals surface area (Å²) in [6, 6.07) is 20.0. The number of benzene rings is 3. The van der Waals surface area contributed by atoms with E-state index in [-0.39, 0.29) is 0 Å². The van der Waals surface area contributed by atoms with Gasteiger partial charge in [0.2, 0.25) is 0 Å². The largest absolute Gasteiger partial charge is 0.338 e. The first-order valence-electron chi connectivity index (χ1n) is 7.88. The summed E-state index contributed by atoms with van der Waals surface area (Å²) in [5.41, 5.74) is 7.03. The van der Waals surface area contributed by atoms with Crippen LogP contribution in [-0.4, -0.2) is 19.9 Å². The van der Waals surface area contributed by atoms with E-state index < -0.39 is 0 Å². The van der Waals surface area contributed by atoms with Crippen molar-refractivity contribution < 1.29 is 0 Å². The standard InChI is InChI=1S/C20H12ClN4/c21-15-5-1-12(2-6-15)20-24-17-8-4-14(10-19(17)25-20)13-3-7-16-18(9-13)23-11-22-16/h1-10H,(H,22,23)(H,24,25). The number of H-pyrrole nitrogens is 2. The number of halogens is 1. The molecule has 5 rings (SSSR count). The van der Waals surface area contributed by atoms with Gasteiger partial charge in [-0.25, -0.2) is 9.97 Å². The van der Waals surface area contributed by atoms with E-state index in [1.54, 1.807) is 0 Å². The van der Waals surface area contributed by atoms with E-state index >= 15 is 0 Å². The average molecular weight is 344 g/mol. The predicted octanol–water partition coefficient (Wildman–Crippen LogP) is 5.23. The van der Waals surface area contributed by atoms with Crippen molar-refractivity contribution in [1.82, 2.24) is 19.9 Å². The summed E-state index contributed by atoms with van der Waals surface area (Å²) < 4.78 is 0. The molecule has 0 saturated carbocycles. The number of hydrogen-bond acceptors (Lipinski definition) is 2. The van der Waals surface area contributed by atoms with E-state index in [9.17, 15) is 0 Å². The van der Waals surface area contributed by atoms with Crippen molar-refractivity contribution in [2.45, 2.75) is 0 Å². The van der Waals surface area contributed by atoms with Gasteiger partial charge in [0.05, 0.1) is 22.1 Å². The Hall–Kier alpha value is -3.11. The quantitative estimate of drug-likeness (QED) is 0.461. The van der Waals surface area contributed by atoms with Gasteiger partial charge in [0.25, 0.3) is 0 Å². The van der Waals surface area contributed by atoms with Gasteiger partial charge in [0.15, 0.2) is 6.33 Å². The molecule has 5 heteroatoms. The molecule has 0 unspecified atom stereocenters. The Morgan fingerprint density at radius 1 is 0.760 bits per heavy atom. The molecule has 2 aromatic heterocycles. The van der Waals surface area contributed by atoms with Crippen LogP contribution in [-0.2, 0) is 0 Å². The van der Waals surface area contributed by atoms with Crippen LogP contribution in [0.1, 0.15) is 0 Å². The molecule has 5 aromatic rings. The molecule has 3 aromatic carbocycles. The molecule has 0 bridgehead atoms. The third-order valence-electron chi connectivity index (χ3n) is 4.30. The number of fused-ring (bicyclic) bond motifs is 2. The monoisotopic (exact) mass is 343 g/mol. The van der Waals surface area contributed by atoms with E-state index in [4.69, 9.17) is 16.6 Å². The summed E-state index contributed by atoms with van der Waals surface area (Å²) >= 11 is 5.96. The Balaban J connectivity index is 1.60. The zero-order valence-corrected chi connectivity index (χ0v) is 13.8. The lowest BCUT2D eigenvalue weighted by Gasteiger charge is -2.01. The number of nitrogens with one attached hydrogen (secondary N) is 2. The number of aromatic amines is 2. The van der Waals surface area contributed by atoms with Crippen LogP contribution < -0.4 is 0 Å². The molecule has 0 aliphatic heterocycles. The first-order valence-corrected chi connectivity index (χ1v) is 8.26. The summed E-state index contributed by atoms with van der Waals surface area (Å²) in [5.74, 6) is 0.834. The molecule has 4 nitrogen and oxygen atoms in total. The molecule has 119 valence electrons. The van der Waals surface area contributed by atoms with E-state index in [0.29, 0.717) is 5.02 Å². The second kappa shape index (κ2) is 5.46. The molecule has 0 aliphatic rings. The molecule has 2 N–H and O–H groups in total. The van der Waals surface area contributed by atoms with Crippen LogP contribution in [0, 0.1) is 6.33 Å². The minimum atomic E-state index is 0.716. The van der Waals surface area contributed by atoms with Crippen LogP contribution in [0.2, 0.25) is 5.02 Å². The van der Waals surface area contributed by atoms with Crippen LogP contribution in [0.3, 0.4) is 0 Å². The second-order valence-corrected chi connectivity index (χ2v) is 6.34. The molecular formula is C20H12ClN4. The van der Waals surface area contributed by atoms with Crippen molar-refractivity contribution in [1.29, 1.82) is 0 Å². The van der Waals surface area contributed by atoms with Crippen molar-refractivity contribution in [3.63, 3.8) is 0 Å². The van der Waals surface area contributed by atoms with Gasteiger partial charge in [-0.1, -0.05) is 23.7 Å².